The predicted octanol–water partition coefficient (Wildman–Crippen LogP) is 0.872. The molecule has 1 saturated heterocycles. The van der Waals surface area contributed by atoms with E-state index in [9.17, 15) is 0 Å². The molecule has 96 valence electrons. The summed E-state index contributed by atoms with van der Waals surface area (Å²) in [6, 6.07) is 0.637. The largest absolute Gasteiger partial charge is 0.307 e. The zero-order valence-corrected chi connectivity index (χ0v) is 10.9. The van der Waals surface area contributed by atoms with E-state index in [1.165, 1.54) is 25.9 Å². The molecule has 1 N–H and O–H groups in total. The van der Waals surface area contributed by atoms with Gasteiger partial charge in [-0.05, 0) is 39.4 Å². The maximum atomic E-state index is 4.31. The van der Waals surface area contributed by atoms with Crippen LogP contribution in [-0.2, 0) is 13.1 Å². The van der Waals surface area contributed by atoms with Gasteiger partial charge in [-0.3, -0.25) is 0 Å². The molecule has 0 unspecified atom stereocenters. The van der Waals surface area contributed by atoms with Crippen LogP contribution >= 0.6 is 0 Å². The fourth-order valence-corrected chi connectivity index (χ4v) is 2.27. The van der Waals surface area contributed by atoms with Gasteiger partial charge in [0.2, 0.25) is 0 Å². The van der Waals surface area contributed by atoms with Gasteiger partial charge >= 0.3 is 0 Å². The second-order valence-corrected chi connectivity index (χ2v) is 4.86. The van der Waals surface area contributed by atoms with Gasteiger partial charge in [-0.15, -0.1) is 0 Å². The van der Waals surface area contributed by atoms with Crippen molar-refractivity contribution in [2.75, 3.05) is 20.1 Å². The number of hydrogen-bond donors (Lipinski definition) is 1. The molecule has 17 heavy (non-hydrogen) atoms. The van der Waals surface area contributed by atoms with E-state index in [0.29, 0.717) is 6.04 Å². The summed E-state index contributed by atoms with van der Waals surface area (Å²) in [5.41, 5.74) is 0. The van der Waals surface area contributed by atoms with E-state index in [4.69, 9.17) is 0 Å². The van der Waals surface area contributed by atoms with Crippen LogP contribution in [0.1, 0.15) is 32.0 Å². The summed E-state index contributed by atoms with van der Waals surface area (Å²) < 4.78 is 2.00. The van der Waals surface area contributed by atoms with Crippen molar-refractivity contribution < 1.29 is 0 Å². The van der Waals surface area contributed by atoms with Crippen LogP contribution < -0.4 is 5.32 Å². The van der Waals surface area contributed by atoms with E-state index in [0.717, 1.165) is 25.3 Å². The van der Waals surface area contributed by atoms with Crippen LogP contribution in [0.5, 0.6) is 0 Å². The van der Waals surface area contributed by atoms with Gasteiger partial charge in [-0.25, -0.2) is 9.67 Å². The van der Waals surface area contributed by atoms with E-state index in [1.807, 2.05) is 4.68 Å². The topological polar surface area (TPSA) is 46.0 Å². The Labute approximate surface area is 103 Å². The van der Waals surface area contributed by atoms with Gasteiger partial charge in [0, 0.05) is 12.6 Å². The van der Waals surface area contributed by atoms with Crippen molar-refractivity contribution in [3.05, 3.63) is 12.2 Å². The number of likely N-dealkylation sites (tertiary alicyclic amines) is 1. The fraction of sp³-hybridized carbons (Fsp3) is 0.833. The highest BCUT2D eigenvalue weighted by atomic mass is 15.3. The molecule has 0 atom stereocenters. The monoisotopic (exact) mass is 237 g/mol. The van der Waals surface area contributed by atoms with E-state index < -0.39 is 0 Å². The van der Waals surface area contributed by atoms with Gasteiger partial charge in [-0.1, -0.05) is 6.92 Å². The molecule has 0 aromatic carbocycles. The minimum Gasteiger partial charge on any atom is -0.307 e. The first-order valence-electron chi connectivity index (χ1n) is 6.58. The van der Waals surface area contributed by atoms with Crippen LogP contribution in [0.4, 0.5) is 0 Å². The van der Waals surface area contributed by atoms with Crippen molar-refractivity contribution >= 4 is 0 Å². The average molecular weight is 237 g/mol. The van der Waals surface area contributed by atoms with E-state index in [2.05, 4.69) is 34.3 Å². The van der Waals surface area contributed by atoms with E-state index in [1.54, 1.807) is 6.33 Å². The summed E-state index contributed by atoms with van der Waals surface area (Å²) in [4.78, 5) is 6.70. The molecule has 1 aliphatic rings. The molecule has 0 bridgehead atoms. The molecular weight excluding hydrogens is 214 g/mol. The molecule has 5 nitrogen and oxygen atoms in total. The molecule has 0 amide bonds. The summed E-state index contributed by atoms with van der Waals surface area (Å²) in [5.74, 6) is 1.06. The molecule has 1 aromatic rings. The van der Waals surface area contributed by atoms with Crippen molar-refractivity contribution in [2.45, 2.75) is 45.3 Å². The first-order valence-corrected chi connectivity index (χ1v) is 6.58. The molecule has 2 rings (SSSR count). The number of rotatable bonds is 5. The zero-order chi connectivity index (χ0) is 12.1. The third-order valence-electron chi connectivity index (χ3n) is 3.40. The Morgan fingerprint density at radius 2 is 2.18 bits per heavy atom. The normalized spacial score (nSPS) is 18.7. The lowest BCUT2D eigenvalue weighted by molar-refractivity contribution is 0.232. The predicted molar refractivity (Wildman–Crippen MR) is 67.7 cm³/mol. The van der Waals surface area contributed by atoms with Crippen molar-refractivity contribution in [1.82, 2.24) is 25.0 Å². The average Bonchev–Trinajstić information content (AvgIpc) is 2.77. The van der Waals surface area contributed by atoms with Gasteiger partial charge in [0.25, 0.3) is 0 Å². The quantitative estimate of drug-likeness (QED) is 0.825. The Morgan fingerprint density at radius 1 is 1.41 bits per heavy atom. The second-order valence-electron chi connectivity index (χ2n) is 4.86. The summed E-state index contributed by atoms with van der Waals surface area (Å²) in [7, 11) is 2.19. The zero-order valence-electron chi connectivity index (χ0n) is 10.9. The van der Waals surface area contributed by atoms with Crippen LogP contribution in [0.2, 0.25) is 0 Å². The summed E-state index contributed by atoms with van der Waals surface area (Å²) in [5, 5.41) is 7.83. The maximum Gasteiger partial charge on any atom is 0.140 e. The molecule has 0 aliphatic carbocycles. The van der Waals surface area contributed by atoms with Gasteiger partial charge in [0.05, 0.1) is 6.54 Å². The van der Waals surface area contributed by atoms with Crippen molar-refractivity contribution in [3.63, 3.8) is 0 Å². The summed E-state index contributed by atoms with van der Waals surface area (Å²) in [6.45, 7) is 6.35. The highest BCUT2D eigenvalue weighted by molar-refractivity contribution is 4.86. The van der Waals surface area contributed by atoms with Crippen LogP contribution in [-0.4, -0.2) is 45.8 Å². The first-order chi connectivity index (χ1) is 8.29. The molecule has 0 radical (unpaired) electrons. The molecule has 1 aromatic heterocycles. The number of hydrogen-bond acceptors (Lipinski definition) is 4. The Balaban J connectivity index is 1.79. The number of aromatic nitrogens is 3. The molecule has 1 fully saturated rings. The smallest absolute Gasteiger partial charge is 0.140 e. The molecule has 2 heterocycles. The number of aryl methyl sites for hydroxylation is 1. The Kier molecular flexibility index (Phi) is 4.50. The Hall–Kier alpha value is -0.940. The molecule has 1 aliphatic heterocycles. The Morgan fingerprint density at radius 3 is 2.88 bits per heavy atom. The van der Waals surface area contributed by atoms with E-state index >= 15 is 0 Å². The second kappa shape index (κ2) is 6.12. The number of nitrogens with zero attached hydrogens (tertiary/aromatic N) is 4. The first kappa shape index (κ1) is 12.5. The van der Waals surface area contributed by atoms with Gasteiger partial charge in [-0.2, -0.15) is 5.10 Å². The van der Waals surface area contributed by atoms with Crippen LogP contribution in [0, 0.1) is 0 Å². The van der Waals surface area contributed by atoms with Crippen molar-refractivity contribution in [1.29, 1.82) is 0 Å². The van der Waals surface area contributed by atoms with Crippen molar-refractivity contribution in [3.8, 4) is 0 Å². The Bertz CT molecular complexity index is 327. The van der Waals surface area contributed by atoms with Crippen LogP contribution in [0.15, 0.2) is 6.33 Å². The number of nitrogens with one attached hydrogen (secondary N) is 1. The molecular formula is C12H23N5. The highest BCUT2D eigenvalue weighted by Crippen LogP contribution is 2.08. The standard InChI is InChI=1S/C12H23N5/c1-3-6-17-12(14-10-15-17)9-13-11-4-7-16(2)8-5-11/h10-11,13H,3-9H2,1-2H3. The summed E-state index contributed by atoms with van der Waals surface area (Å²) >= 11 is 0. The fourth-order valence-electron chi connectivity index (χ4n) is 2.27. The minimum absolute atomic E-state index is 0.637. The highest BCUT2D eigenvalue weighted by Gasteiger charge is 2.16. The lowest BCUT2D eigenvalue weighted by atomic mass is 10.1. The third-order valence-corrected chi connectivity index (χ3v) is 3.40. The SMILES string of the molecule is CCCn1ncnc1CNC1CCN(C)CC1. The minimum atomic E-state index is 0.637. The van der Waals surface area contributed by atoms with Gasteiger partial charge in [0.15, 0.2) is 0 Å². The lowest BCUT2D eigenvalue weighted by Crippen LogP contribution is -2.40. The van der Waals surface area contributed by atoms with Crippen LogP contribution in [0.3, 0.4) is 0 Å². The summed E-state index contributed by atoms with van der Waals surface area (Å²) in [6.07, 6.45) is 5.22. The lowest BCUT2D eigenvalue weighted by Gasteiger charge is -2.29. The molecule has 0 spiro atoms. The van der Waals surface area contributed by atoms with Gasteiger partial charge < -0.3 is 10.2 Å². The van der Waals surface area contributed by atoms with Crippen molar-refractivity contribution in [2.24, 2.45) is 0 Å². The third kappa shape index (κ3) is 3.51. The molecule has 0 saturated carbocycles. The van der Waals surface area contributed by atoms with E-state index in [-0.39, 0.29) is 0 Å². The van der Waals surface area contributed by atoms with Crippen LogP contribution in [0.25, 0.3) is 0 Å². The molecule has 5 heteroatoms. The van der Waals surface area contributed by atoms with Gasteiger partial charge in [0.1, 0.15) is 12.2 Å². The maximum absolute atomic E-state index is 4.31. The number of piperidine rings is 1.